The lowest BCUT2D eigenvalue weighted by atomic mass is 10.2. The first-order valence-corrected chi connectivity index (χ1v) is 9.95. The third-order valence-electron chi connectivity index (χ3n) is 5.59. The lowest BCUT2D eigenvalue weighted by molar-refractivity contribution is 0.249. The van der Waals surface area contributed by atoms with E-state index in [0.717, 1.165) is 36.9 Å². The van der Waals surface area contributed by atoms with Crippen LogP contribution in [0.15, 0.2) is 29.4 Å². The van der Waals surface area contributed by atoms with E-state index in [9.17, 15) is 0 Å². The number of aromatic nitrogens is 2. The summed E-state index contributed by atoms with van der Waals surface area (Å²) in [5, 5.41) is 3.47. The molecule has 2 aromatic rings. The minimum Gasteiger partial charge on any atom is -0.357 e. The molecule has 0 radical (unpaired) electrons. The third kappa shape index (κ3) is 3.56. The second-order valence-electron chi connectivity index (χ2n) is 7.43. The van der Waals surface area contributed by atoms with Crippen LogP contribution in [0.25, 0.3) is 5.65 Å². The van der Waals surface area contributed by atoms with Crippen LogP contribution >= 0.6 is 0 Å². The summed E-state index contributed by atoms with van der Waals surface area (Å²) in [6.07, 6.45) is 6.07. The van der Waals surface area contributed by atoms with Gasteiger partial charge < -0.3 is 14.6 Å². The van der Waals surface area contributed by atoms with Gasteiger partial charge in [0.2, 0.25) is 0 Å². The number of aryl methyl sites for hydroxylation is 1. The second kappa shape index (κ2) is 7.66. The molecule has 0 amide bonds. The number of pyridine rings is 1. The van der Waals surface area contributed by atoms with Gasteiger partial charge in [0.25, 0.3) is 0 Å². The Labute approximate surface area is 155 Å². The van der Waals surface area contributed by atoms with E-state index in [4.69, 9.17) is 9.98 Å². The molecule has 2 aromatic heterocycles. The first-order chi connectivity index (χ1) is 12.7. The largest absolute Gasteiger partial charge is 0.357 e. The number of hydrogen-bond acceptors (Lipinski definition) is 3. The smallest absolute Gasteiger partial charge is 0.194 e. The van der Waals surface area contributed by atoms with E-state index in [1.165, 1.54) is 38.0 Å². The number of rotatable bonds is 4. The zero-order valence-electron chi connectivity index (χ0n) is 16.0. The zero-order chi connectivity index (χ0) is 17.9. The number of nitrogens with zero attached hydrogens (tertiary/aromatic N) is 5. The van der Waals surface area contributed by atoms with E-state index >= 15 is 0 Å². The fraction of sp³-hybridized carbons (Fsp3) is 0.600. The standard InChI is InChI=1S/C20H30N6/c1-3-21-20(25-12-9-18(15-25)24-10-4-5-11-24)22-13-17-14-26-16(2)7-6-8-19(26)23-17/h6-8,14,18H,3-5,9-13,15H2,1-2H3,(H,21,22). The van der Waals surface area contributed by atoms with Gasteiger partial charge in [-0.2, -0.15) is 0 Å². The molecule has 140 valence electrons. The van der Waals surface area contributed by atoms with Gasteiger partial charge in [-0.1, -0.05) is 6.07 Å². The fourth-order valence-corrected chi connectivity index (χ4v) is 4.20. The van der Waals surface area contributed by atoms with Gasteiger partial charge >= 0.3 is 0 Å². The molecule has 0 aliphatic carbocycles. The monoisotopic (exact) mass is 354 g/mol. The Balaban J connectivity index is 1.46. The van der Waals surface area contributed by atoms with Crippen molar-refractivity contribution in [1.82, 2.24) is 24.5 Å². The number of likely N-dealkylation sites (tertiary alicyclic amines) is 2. The van der Waals surface area contributed by atoms with E-state index in [0.29, 0.717) is 12.6 Å². The van der Waals surface area contributed by atoms with Gasteiger partial charge in [0.15, 0.2) is 5.96 Å². The van der Waals surface area contributed by atoms with Crippen molar-refractivity contribution >= 4 is 11.6 Å². The Morgan fingerprint density at radius 2 is 2.12 bits per heavy atom. The van der Waals surface area contributed by atoms with Crippen molar-refractivity contribution in [3.63, 3.8) is 0 Å². The van der Waals surface area contributed by atoms with Crippen LogP contribution in [0.1, 0.15) is 37.6 Å². The molecule has 2 saturated heterocycles. The Hall–Kier alpha value is -2.08. The number of imidazole rings is 1. The summed E-state index contributed by atoms with van der Waals surface area (Å²) in [6, 6.07) is 6.90. The maximum atomic E-state index is 4.89. The van der Waals surface area contributed by atoms with Crippen molar-refractivity contribution in [3.05, 3.63) is 35.8 Å². The lowest BCUT2D eigenvalue weighted by Gasteiger charge is -2.25. The van der Waals surface area contributed by atoms with Crippen molar-refractivity contribution in [2.24, 2.45) is 4.99 Å². The molecule has 2 fully saturated rings. The van der Waals surface area contributed by atoms with Crippen LogP contribution in [0.2, 0.25) is 0 Å². The number of guanidine groups is 1. The molecule has 1 atom stereocenters. The summed E-state index contributed by atoms with van der Waals surface area (Å²) in [5.74, 6) is 1.03. The molecule has 1 N–H and O–H groups in total. The summed E-state index contributed by atoms with van der Waals surface area (Å²) < 4.78 is 2.14. The maximum Gasteiger partial charge on any atom is 0.194 e. The highest BCUT2D eigenvalue weighted by Gasteiger charge is 2.30. The topological polar surface area (TPSA) is 48.2 Å². The predicted octanol–water partition coefficient (Wildman–Crippen LogP) is 2.28. The Morgan fingerprint density at radius 3 is 2.88 bits per heavy atom. The summed E-state index contributed by atoms with van der Waals surface area (Å²) >= 11 is 0. The molecule has 2 aliphatic heterocycles. The van der Waals surface area contributed by atoms with Crippen molar-refractivity contribution in [2.75, 3.05) is 32.7 Å². The molecular formula is C20H30N6. The lowest BCUT2D eigenvalue weighted by Crippen LogP contribution is -2.42. The van der Waals surface area contributed by atoms with Gasteiger partial charge in [-0.3, -0.25) is 4.90 Å². The molecule has 6 heteroatoms. The number of fused-ring (bicyclic) bond motifs is 1. The molecule has 2 aliphatic rings. The second-order valence-corrected chi connectivity index (χ2v) is 7.43. The van der Waals surface area contributed by atoms with Crippen LogP contribution in [0.3, 0.4) is 0 Å². The molecular weight excluding hydrogens is 324 g/mol. The minimum atomic E-state index is 0.619. The van der Waals surface area contributed by atoms with Crippen LogP contribution in [0.4, 0.5) is 0 Å². The van der Waals surface area contributed by atoms with Crippen LogP contribution in [-0.2, 0) is 6.54 Å². The average molecular weight is 355 g/mol. The first-order valence-electron chi connectivity index (χ1n) is 9.95. The van der Waals surface area contributed by atoms with Gasteiger partial charge in [0.1, 0.15) is 5.65 Å². The summed E-state index contributed by atoms with van der Waals surface area (Å²) in [4.78, 5) is 14.7. The Morgan fingerprint density at radius 1 is 1.27 bits per heavy atom. The van der Waals surface area contributed by atoms with E-state index < -0.39 is 0 Å². The molecule has 4 rings (SSSR count). The van der Waals surface area contributed by atoms with Gasteiger partial charge in [-0.05, 0) is 58.3 Å². The molecule has 0 bridgehead atoms. The van der Waals surface area contributed by atoms with E-state index in [1.54, 1.807) is 0 Å². The molecule has 6 nitrogen and oxygen atoms in total. The van der Waals surface area contributed by atoms with Gasteiger partial charge in [0.05, 0.1) is 12.2 Å². The van der Waals surface area contributed by atoms with Crippen LogP contribution < -0.4 is 5.32 Å². The quantitative estimate of drug-likeness (QED) is 0.676. The van der Waals surface area contributed by atoms with Crippen molar-refractivity contribution in [2.45, 2.75) is 45.7 Å². The average Bonchev–Trinajstić information content (AvgIpc) is 3.38. The third-order valence-corrected chi connectivity index (χ3v) is 5.59. The van der Waals surface area contributed by atoms with Crippen molar-refractivity contribution < 1.29 is 0 Å². The van der Waals surface area contributed by atoms with Crippen molar-refractivity contribution in [3.8, 4) is 0 Å². The maximum absolute atomic E-state index is 4.89. The SMILES string of the molecule is CCNC(=NCc1cn2c(C)cccc2n1)N1CCC(N2CCCC2)C1. The Kier molecular flexibility index (Phi) is 5.11. The highest BCUT2D eigenvalue weighted by Crippen LogP contribution is 2.20. The normalized spacial score (nSPS) is 21.8. The number of nitrogens with one attached hydrogen (secondary N) is 1. The minimum absolute atomic E-state index is 0.619. The van der Waals surface area contributed by atoms with Crippen LogP contribution in [0.5, 0.6) is 0 Å². The fourth-order valence-electron chi connectivity index (χ4n) is 4.20. The van der Waals surface area contributed by atoms with Crippen LogP contribution in [0, 0.1) is 6.92 Å². The molecule has 0 spiro atoms. The molecule has 0 saturated carbocycles. The van der Waals surface area contributed by atoms with Crippen molar-refractivity contribution in [1.29, 1.82) is 0 Å². The molecule has 26 heavy (non-hydrogen) atoms. The highest BCUT2D eigenvalue weighted by molar-refractivity contribution is 5.80. The summed E-state index contributed by atoms with van der Waals surface area (Å²) in [7, 11) is 0. The first kappa shape index (κ1) is 17.3. The molecule has 1 unspecified atom stereocenters. The zero-order valence-corrected chi connectivity index (χ0v) is 16.0. The van der Waals surface area contributed by atoms with E-state index in [-0.39, 0.29) is 0 Å². The summed E-state index contributed by atoms with van der Waals surface area (Å²) in [5.41, 5.74) is 3.21. The number of aliphatic imine (C=N–C) groups is 1. The van der Waals surface area contributed by atoms with Gasteiger partial charge in [0, 0.05) is 37.6 Å². The van der Waals surface area contributed by atoms with E-state index in [1.807, 2.05) is 6.07 Å². The molecule has 4 heterocycles. The van der Waals surface area contributed by atoms with E-state index in [2.05, 4.69) is 51.7 Å². The highest BCUT2D eigenvalue weighted by atomic mass is 15.3. The van der Waals surface area contributed by atoms with Gasteiger partial charge in [-0.15, -0.1) is 0 Å². The number of hydrogen-bond donors (Lipinski definition) is 1. The van der Waals surface area contributed by atoms with Gasteiger partial charge in [-0.25, -0.2) is 9.98 Å². The predicted molar refractivity (Wildman–Crippen MR) is 106 cm³/mol. The van der Waals surface area contributed by atoms with Crippen LogP contribution in [-0.4, -0.2) is 63.9 Å². The molecule has 0 aromatic carbocycles. The summed E-state index contributed by atoms with van der Waals surface area (Å²) in [6.45, 7) is 10.5. The Bertz CT molecular complexity index is 774.